The minimum atomic E-state index is -4.50. The van der Waals surface area contributed by atoms with Crippen LogP contribution < -0.4 is 28.0 Å². The summed E-state index contributed by atoms with van der Waals surface area (Å²) in [6, 6.07) is 8.34. The second-order valence-electron chi connectivity index (χ2n) is 11.7. The van der Waals surface area contributed by atoms with Crippen LogP contribution in [0.3, 0.4) is 0 Å². The number of Topliss-reactive ketones (excluding diaryl/α,β-unsaturated/α-hetero) is 1. The van der Waals surface area contributed by atoms with E-state index in [4.69, 9.17) is 21.9 Å². The number of rotatable bonds is 15. The number of nitrogens with one attached hydrogen (secondary N) is 1. The van der Waals surface area contributed by atoms with Crippen molar-refractivity contribution in [3.05, 3.63) is 64.7 Å². The molecular weight excluding hydrogens is 574 g/mol. The highest BCUT2D eigenvalue weighted by Gasteiger charge is 2.37. The van der Waals surface area contributed by atoms with Crippen LogP contribution in [0.1, 0.15) is 55.4 Å². The number of alkyl halides is 3. The third-order valence-electron chi connectivity index (χ3n) is 7.92. The first-order chi connectivity index (χ1) is 20.7. The average Bonchev–Trinajstić information content (AvgIpc) is 3.20. The zero-order valence-corrected chi connectivity index (χ0v) is 25.6. The molecule has 240 valence electrons. The lowest BCUT2D eigenvalue weighted by molar-refractivity contribution is -0.137. The van der Waals surface area contributed by atoms with Crippen LogP contribution in [0.15, 0.2) is 42.5 Å². The molecule has 2 atom stereocenters. The zero-order chi connectivity index (χ0) is 32.7. The molecule has 0 fully saturated rings. The van der Waals surface area contributed by atoms with E-state index in [0.717, 1.165) is 28.7 Å². The van der Waals surface area contributed by atoms with Crippen molar-refractivity contribution in [2.75, 3.05) is 26.2 Å². The van der Waals surface area contributed by atoms with Gasteiger partial charge in [-0.3, -0.25) is 14.4 Å². The van der Waals surface area contributed by atoms with E-state index in [-0.39, 0.29) is 57.4 Å². The van der Waals surface area contributed by atoms with Gasteiger partial charge < -0.3 is 32.1 Å². The van der Waals surface area contributed by atoms with Crippen molar-refractivity contribution >= 4 is 30.0 Å². The lowest BCUT2D eigenvalue weighted by atomic mass is 9.64. The molecule has 3 rings (SSSR count). The fourth-order valence-electron chi connectivity index (χ4n) is 5.48. The Balaban J connectivity index is 1.71. The molecule has 0 saturated heterocycles. The normalized spacial score (nSPS) is 15.4. The average molecular weight is 618 g/mol. The third kappa shape index (κ3) is 9.37. The second-order valence-corrected chi connectivity index (χ2v) is 11.7. The van der Waals surface area contributed by atoms with Gasteiger partial charge in [-0.1, -0.05) is 37.2 Å². The van der Waals surface area contributed by atoms with E-state index >= 15 is 0 Å². The topological polar surface area (TPSA) is 154 Å². The van der Waals surface area contributed by atoms with Gasteiger partial charge in [-0.05, 0) is 67.4 Å². The number of ketones is 1. The first kappa shape index (κ1) is 35.2. The Kier molecular flexibility index (Phi) is 12.1. The van der Waals surface area contributed by atoms with Crippen LogP contribution in [0, 0.1) is 0 Å². The first-order valence-corrected chi connectivity index (χ1v) is 14.9. The number of amides is 2. The van der Waals surface area contributed by atoms with Gasteiger partial charge in [-0.2, -0.15) is 13.2 Å². The summed E-state index contributed by atoms with van der Waals surface area (Å²) in [6.45, 7) is 7.12. The number of carbonyl (C=O) groups is 3. The summed E-state index contributed by atoms with van der Waals surface area (Å²) in [6.07, 6.45) is -4.01. The molecule has 0 aromatic heterocycles. The Morgan fingerprint density at radius 1 is 1.00 bits per heavy atom. The van der Waals surface area contributed by atoms with Gasteiger partial charge in [0.25, 0.3) is 0 Å². The summed E-state index contributed by atoms with van der Waals surface area (Å²) in [5, 5.41) is 2.69. The quantitative estimate of drug-likeness (QED) is 0.223. The summed E-state index contributed by atoms with van der Waals surface area (Å²) in [5.74, 6) is -1.15. The molecule has 44 heavy (non-hydrogen) atoms. The lowest BCUT2D eigenvalue weighted by Crippen LogP contribution is -2.49. The predicted molar refractivity (Wildman–Crippen MR) is 164 cm³/mol. The van der Waals surface area contributed by atoms with Crippen LogP contribution in [-0.2, 0) is 43.7 Å². The predicted octanol–water partition coefficient (Wildman–Crippen LogP) is 1.88. The molecule has 2 aromatic carbocycles. The summed E-state index contributed by atoms with van der Waals surface area (Å²) < 4.78 is 45.3. The largest absolute Gasteiger partial charge is 0.422 e. The number of nitrogens with zero attached hydrogens (tertiary/aromatic N) is 1. The van der Waals surface area contributed by atoms with E-state index < -0.39 is 35.3 Å². The van der Waals surface area contributed by atoms with Gasteiger partial charge in [0.05, 0.1) is 23.2 Å². The van der Waals surface area contributed by atoms with Crippen molar-refractivity contribution in [2.45, 2.75) is 76.6 Å². The Hall–Kier alpha value is -3.26. The summed E-state index contributed by atoms with van der Waals surface area (Å²) in [4.78, 5) is 40.6. The molecule has 0 saturated carbocycles. The Morgan fingerprint density at radius 3 is 2.20 bits per heavy atom. The summed E-state index contributed by atoms with van der Waals surface area (Å²) in [5.41, 5.74) is 19.5. The number of hydrogen-bond acceptors (Lipinski definition) is 7. The number of hydrogen-bond donors (Lipinski definition) is 4. The maximum absolute atomic E-state index is 13.5. The molecule has 0 radical (unpaired) electrons. The molecular formula is C31H43BF3N5O4. The van der Waals surface area contributed by atoms with Gasteiger partial charge >= 0.3 is 13.1 Å². The van der Waals surface area contributed by atoms with Gasteiger partial charge in [0.2, 0.25) is 11.8 Å². The van der Waals surface area contributed by atoms with Gasteiger partial charge in [-0.15, -0.1) is 0 Å². The number of fused-ring (bicyclic) bond motifs is 1. The van der Waals surface area contributed by atoms with Gasteiger partial charge in [-0.25, -0.2) is 0 Å². The Bertz CT molecular complexity index is 1300. The molecule has 7 N–H and O–H groups in total. The maximum Gasteiger partial charge on any atom is 0.416 e. The molecule has 2 amide bonds. The van der Waals surface area contributed by atoms with Gasteiger partial charge in [0, 0.05) is 39.0 Å². The Labute approximate surface area is 257 Å². The molecule has 9 nitrogen and oxygen atoms in total. The van der Waals surface area contributed by atoms with Gasteiger partial charge in [0.1, 0.15) is 0 Å². The van der Waals surface area contributed by atoms with Crippen LogP contribution in [-0.4, -0.2) is 67.7 Å². The third-order valence-corrected chi connectivity index (χ3v) is 7.92. The molecule has 1 heterocycles. The standard InChI is InChI=1S/C31H43BF3N5O4/c1-30(2)23-18-20(6-10-24(23)32(3)44-30)7-12-27(41)26(19-21-4-8-22(9-5-21)31(33,34)35)39-29(43)25(38)11-13-28(42)40(16-14-36)17-15-37/h4-6,8-10,18,25-26H,7,11-17,19,36-38H2,1-3H3,(H,39,43)/t25-,26+/m0/s1. The van der Waals surface area contributed by atoms with E-state index in [0.29, 0.717) is 25.1 Å². The molecule has 0 spiro atoms. The highest BCUT2D eigenvalue weighted by molar-refractivity contribution is 6.67. The number of halogens is 3. The van der Waals surface area contributed by atoms with Crippen LogP contribution in [0.2, 0.25) is 6.82 Å². The first-order valence-electron chi connectivity index (χ1n) is 14.9. The van der Waals surface area contributed by atoms with E-state index in [2.05, 4.69) is 5.32 Å². The number of nitrogens with two attached hydrogens (primary N) is 3. The van der Waals surface area contributed by atoms with Crippen molar-refractivity contribution in [1.82, 2.24) is 10.2 Å². The highest BCUT2D eigenvalue weighted by Crippen LogP contribution is 2.31. The molecule has 0 aliphatic carbocycles. The molecule has 0 unspecified atom stereocenters. The van der Waals surface area contributed by atoms with Gasteiger partial charge in [0.15, 0.2) is 5.78 Å². The minimum Gasteiger partial charge on any atom is -0.422 e. The fraction of sp³-hybridized carbons (Fsp3) is 0.516. The maximum atomic E-state index is 13.5. The minimum absolute atomic E-state index is 0.0108. The van der Waals surface area contributed by atoms with Crippen molar-refractivity contribution in [3.63, 3.8) is 0 Å². The van der Waals surface area contributed by atoms with Crippen molar-refractivity contribution < 1.29 is 32.2 Å². The molecule has 1 aliphatic heterocycles. The van der Waals surface area contributed by atoms with E-state index in [1.54, 1.807) is 0 Å². The van der Waals surface area contributed by atoms with E-state index in [1.807, 2.05) is 38.9 Å². The monoisotopic (exact) mass is 617 g/mol. The van der Waals surface area contributed by atoms with Crippen LogP contribution in [0.25, 0.3) is 0 Å². The van der Waals surface area contributed by atoms with E-state index in [1.165, 1.54) is 17.0 Å². The zero-order valence-electron chi connectivity index (χ0n) is 25.6. The van der Waals surface area contributed by atoms with Crippen molar-refractivity contribution in [3.8, 4) is 0 Å². The fourth-order valence-corrected chi connectivity index (χ4v) is 5.48. The SMILES string of the molecule is CB1OC(C)(C)c2cc(CCC(=O)[C@@H](Cc3ccc(C(F)(F)F)cc3)NC(=O)[C@@H](N)CCC(=O)N(CCN)CCN)ccc21. The highest BCUT2D eigenvalue weighted by atomic mass is 19.4. The lowest BCUT2D eigenvalue weighted by Gasteiger charge is -2.23. The summed E-state index contributed by atoms with van der Waals surface area (Å²) in [7, 11) is 0. The second kappa shape index (κ2) is 15.2. The summed E-state index contributed by atoms with van der Waals surface area (Å²) >= 11 is 0. The van der Waals surface area contributed by atoms with Crippen LogP contribution >= 0.6 is 0 Å². The molecule has 2 aromatic rings. The number of aryl methyl sites for hydroxylation is 1. The van der Waals surface area contributed by atoms with Crippen LogP contribution in [0.4, 0.5) is 13.2 Å². The van der Waals surface area contributed by atoms with Crippen molar-refractivity contribution in [2.24, 2.45) is 17.2 Å². The van der Waals surface area contributed by atoms with Crippen LogP contribution in [0.5, 0.6) is 0 Å². The number of benzene rings is 2. The van der Waals surface area contributed by atoms with E-state index in [9.17, 15) is 27.6 Å². The Morgan fingerprint density at radius 2 is 1.61 bits per heavy atom. The van der Waals surface area contributed by atoms with Crippen molar-refractivity contribution in [1.29, 1.82) is 0 Å². The molecule has 1 aliphatic rings. The molecule has 0 bridgehead atoms. The molecule has 13 heteroatoms. The smallest absolute Gasteiger partial charge is 0.416 e. The number of carbonyl (C=O) groups excluding carboxylic acids is 3.